The number of hydrogen-bond donors (Lipinski definition) is 1. The molecule has 0 aromatic rings. The van der Waals surface area contributed by atoms with Gasteiger partial charge in [0.25, 0.3) is 0 Å². The molecule has 0 aliphatic carbocycles. The zero-order valence-corrected chi connectivity index (χ0v) is 5.95. The fourth-order valence-corrected chi connectivity index (χ4v) is 0.334. The predicted molar refractivity (Wildman–Crippen MR) is 45.3 cm³/mol. The molecule has 0 amide bonds. The van der Waals surface area contributed by atoms with Gasteiger partial charge in [-0.1, -0.05) is 43.0 Å². The van der Waals surface area contributed by atoms with Gasteiger partial charge in [0.05, 0.1) is 2.74 Å². The molecule has 1 N–H and O–H groups in total. The van der Waals surface area contributed by atoms with Crippen LogP contribution in [0.3, 0.4) is 0 Å². The number of aliphatic carboxylic acids is 1. The molecule has 0 radical (unpaired) electrons. The maximum atomic E-state index is 10.0. The fraction of sp³-hybridized carbons (Fsp3) is 0. The molecule has 2 heteroatoms. The lowest BCUT2D eigenvalue weighted by molar-refractivity contribution is -0.131. The molecule has 58 valence electrons. The molecule has 0 spiro atoms. The van der Waals surface area contributed by atoms with E-state index in [4.69, 9.17) is 7.85 Å². The van der Waals surface area contributed by atoms with Gasteiger partial charge in [-0.25, -0.2) is 4.79 Å². The smallest absolute Gasteiger partial charge is 0.328 e. The third-order valence-electron chi connectivity index (χ3n) is 0.703. The van der Waals surface area contributed by atoms with Crippen LogP contribution < -0.4 is 0 Å². The zero-order chi connectivity index (χ0) is 10.3. The highest BCUT2D eigenvalue weighted by Crippen LogP contribution is 1.80. The van der Waals surface area contributed by atoms with Crippen LogP contribution in [0.25, 0.3) is 0 Å². The highest BCUT2D eigenvalue weighted by molar-refractivity contribution is 5.80. The van der Waals surface area contributed by atoms with Crippen LogP contribution >= 0.6 is 0 Å². The van der Waals surface area contributed by atoms with Gasteiger partial charge in [0.2, 0.25) is 0 Å². The van der Waals surface area contributed by atoms with E-state index in [1.165, 1.54) is 24.3 Å². The number of carboxylic acid groups (broad SMARTS) is 1. The van der Waals surface area contributed by atoms with E-state index in [2.05, 4.69) is 6.58 Å². The van der Waals surface area contributed by atoms with E-state index in [9.17, 15) is 4.79 Å². The van der Waals surface area contributed by atoms with Gasteiger partial charge < -0.3 is 5.11 Å². The van der Waals surface area contributed by atoms with Crippen molar-refractivity contribution in [3.05, 3.63) is 49.1 Å². The first kappa shape index (κ1) is 6.16. The molecule has 2 nitrogen and oxygen atoms in total. The van der Waals surface area contributed by atoms with Crippen molar-refractivity contribution in [2.45, 2.75) is 0 Å². The Kier molecular flexibility index (Phi) is 3.67. The summed E-state index contributed by atoms with van der Waals surface area (Å²) in [6, 6.07) is -0.0672. The van der Waals surface area contributed by atoms with E-state index in [1.54, 1.807) is 0 Å². The Hall–Kier alpha value is -1.57. The largest absolute Gasteiger partial charge is 0.478 e. The van der Waals surface area contributed by atoms with Crippen molar-refractivity contribution in [3.63, 3.8) is 0 Å². The van der Waals surface area contributed by atoms with E-state index in [0.29, 0.717) is 0 Å². The summed E-state index contributed by atoms with van der Waals surface area (Å²) in [4.78, 5) is 10.0. The van der Waals surface area contributed by atoms with Crippen LogP contribution in [0.15, 0.2) is 49.1 Å². The van der Waals surface area contributed by atoms with E-state index in [1.807, 2.05) is 0 Å². The van der Waals surface area contributed by atoms with Crippen LogP contribution in [-0.2, 0) is 4.79 Å². The second kappa shape index (κ2) is 6.55. The van der Waals surface area contributed by atoms with Crippen molar-refractivity contribution in [3.8, 4) is 0 Å². The molecular weight excluding hydrogens is 140 g/mol. The minimum absolute atomic E-state index is 0.00922. The Balaban J connectivity index is 4.41. The monoisotopic (exact) mass is 154 g/mol. The molecule has 0 aliphatic rings. The van der Waals surface area contributed by atoms with Gasteiger partial charge in [-0.3, -0.25) is 0 Å². The second-order valence-electron chi connectivity index (χ2n) is 1.56. The number of carbonyl (C=O) groups is 1. The summed E-state index contributed by atoms with van der Waals surface area (Å²) in [6.07, 6.45) is 6.08. The Morgan fingerprint density at radius 2 is 2.00 bits per heavy atom. The molecule has 0 aliphatic heterocycles. The zero-order valence-electron chi connectivity index (χ0n) is 7.95. The van der Waals surface area contributed by atoms with E-state index in [-0.39, 0.29) is 12.1 Å². The van der Waals surface area contributed by atoms with Crippen LogP contribution in [0, 0.1) is 0 Å². The average molecular weight is 154 g/mol. The van der Waals surface area contributed by atoms with Gasteiger partial charge in [0.1, 0.15) is 0 Å². The minimum Gasteiger partial charge on any atom is -0.478 e. The molecule has 0 heterocycles. The van der Waals surface area contributed by atoms with Crippen molar-refractivity contribution < 1.29 is 12.6 Å². The maximum Gasteiger partial charge on any atom is 0.328 e. The number of hydrogen-bond acceptors (Lipinski definition) is 1. The summed E-state index contributed by atoms with van der Waals surface area (Å²) in [7, 11) is 0. The lowest BCUT2D eigenvalue weighted by Gasteiger charge is -1.74. The highest BCUT2D eigenvalue weighted by Gasteiger charge is 1.78. The van der Waals surface area contributed by atoms with Gasteiger partial charge in [0, 0.05) is 6.08 Å². The van der Waals surface area contributed by atoms with E-state index >= 15 is 0 Å². The standard InChI is InChI=1S/C9H10O2/c1-2-3-4-5-6-7-8-9(10)11/h2-8H,1H2,(H,10,11)/i4T,5T. The topological polar surface area (TPSA) is 37.3 Å². The van der Waals surface area contributed by atoms with E-state index < -0.39 is 5.97 Å². The van der Waals surface area contributed by atoms with Gasteiger partial charge in [-0.05, 0) is 0 Å². The summed E-state index contributed by atoms with van der Waals surface area (Å²) in [5.41, 5.74) is 0. The van der Waals surface area contributed by atoms with Crippen LogP contribution in [0.2, 0.25) is 0 Å². The fourth-order valence-electron chi connectivity index (χ4n) is 0.334. The predicted octanol–water partition coefficient (Wildman–Crippen LogP) is 1.93. The summed E-state index contributed by atoms with van der Waals surface area (Å²) < 4.78 is 14.5. The third kappa shape index (κ3) is 8.43. The van der Waals surface area contributed by atoms with Crippen LogP contribution in [0.4, 0.5) is 0 Å². The lowest BCUT2D eigenvalue weighted by Crippen LogP contribution is -1.84. The first-order chi connectivity index (χ1) is 6.07. The van der Waals surface area contributed by atoms with E-state index in [0.717, 1.165) is 6.08 Å². The maximum absolute atomic E-state index is 10.0. The van der Waals surface area contributed by atoms with Gasteiger partial charge in [-0.2, -0.15) is 0 Å². The van der Waals surface area contributed by atoms with Gasteiger partial charge >= 0.3 is 5.97 Å². The molecule has 0 unspecified atom stereocenters. The van der Waals surface area contributed by atoms with Crippen molar-refractivity contribution in [1.82, 2.24) is 0 Å². The first-order valence-corrected chi connectivity index (χ1v) is 2.95. The quantitative estimate of drug-likeness (QED) is 0.496. The molecular formula is C9H10O2. The summed E-state index contributed by atoms with van der Waals surface area (Å²) in [5.74, 6) is -1.08. The molecule has 0 rings (SSSR count). The molecule has 11 heavy (non-hydrogen) atoms. The average Bonchev–Trinajstić information content (AvgIpc) is 2.04. The Morgan fingerprint density at radius 1 is 1.36 bits per heavy atom. The minimum atomic E-state index is -1.08. The molecule has 0 atom stereocenters. The third-order valence-corrected chi connectivity index (χ3v) is 0.703. The van der Waals surface area contributed by atoms with Crippen molar-refractivity contribution in [2.24, 2.45) is 0 Å². The van der Waals surface area contributed by atoms with Gasteiger partial charge in [-0.15, -0.1) is 0 Å². The summed E-state index contributed by atoms with van der Waals surface area (Å²) in [6.45, 7) is 3.37. The Bertz CT molecular complexity index is 288. The molecule has 0 saturated heterocycles. The normalized spacial score (nSPS) is 16.0. The SMILES string of the molecule is [3H]C(=CC=C)C([3H])=CC=CC(=O)O. The first-order valence-electron chi connectivity index (χ1n) is 3.95. The van der Waals surface area contributed by atoms with Crippen molar-refractivity contribution >= 4 is 5.97 Å². The van der Waals surface area contributed by atoms with Crippen LogP contribution in [0.5, 0.6) is 0 Å². The van der Waals surface area contributed by atoms with Crippen molar-refractivity contribution in [2.75, 3.05) is 0 Å². The van der Waals surface area contributed by atoms with Crippen LogP contribution in [-0.4, -0.2) is 11.1 Å². The molecule has 0 fully saturated rings. The molecule has 0 aromatic carbocycles. The second-order valence-corrected chi connectivity index (χ2v) is 1.56. The summed E-state index contributed by atoms with van der Waals surface area (Å²) >= 11 is 0. The van der Waals surface area contributed by atoms with Crippen molar-refractivity contribution in [1.29, 1.82) is 0 Å². The number of allylic oxidation sites excluding steroid dienone is 6. The van der Waals surface area contributed by atoms with Crippen LogP contribution in [0.1, 0.15) is 2.74 Å². The number of carboxylic acids is 1. The lowest BCUT2D eigenvalue weighted by atomic mass is 10.4. The Labute approximate surface area is 68.7 Å². The molecule has 0 bridgehead atoms. The summed E-state index contributed by atoms with van der Waals surface area (Å²) in [5, 5.41) is 8.21. The molecule has 0 saturated carbocycles. The van der Waals surface area contributed by atoms with Gasteiger partial charge in [0.15, 0.2) is 0 Å². The molecule has 0 aromatic heterocycles. The highest BCUT2D eigenvalue weighted by atomic mass is 16.4. The number of rotatable bonds is 4. The Morgan fingerprint density at radius 3 is 2.55 bits per heavy atom.